The van der Waals surface area contributed by atoms with E-state index < -0.39 is 0 Å². The van der Waals surface area contributed by atoms with Gasteiger partial charge in [-0.15, -0.1) is 0 Å². The first-order valence-corrected chi connectivity index (χ1v) is 6.40. The number of para-hydroxylation sites is 1. The summed E-state index contributed by atoms with van der Waals surface area (Å²) in [6.07, 6.45) is 0.751. The Balaban J connectivity index is 2.16. The van der Waals surface area contributed by atoms with Crippen molar-refractivity contribution < 1.29 is 14.3 Å². The van der Waals surface area contributed by atoms with Crippen molar-refractivity contribution in [2.24, 2.45) is 5.92 Å². The lowest BCUT2D eigenvalue weighted by atomic mass is 10.1. The highest BCUT2D eigenvalue weighted by Crippen LogP contribution is 2.04. The molecule has 0 spiro atoms. The third kappa shape index (κ3) is 5.90. The molecule has 1 aromatic carbocycles. The summed E-state index contributed by atoms with van der Waals surface area (Å²) in [5.41, 5.74) is 0.719. The second kappa shape index (κ2) is 8.13. The number of carbonyl (C=O) groups excluding carboxylic acids is 2. The lowest BCUT2D eigenvalue weighted by Crippen LogP contribution is -2.32. The maximum absolute atomic E-state index is 11.5. The van der Waals surface area contributed by atoms with Gasteiger partial charge in [-0.05, 0) is 18.6 Å². The first-order valence-electron chi connectivity index (χ1n) is 6.40. The van der Waals surface area contributed by atoms with Crippen LogP contribution in [-0.2, 0) is 9.53 Å². The topological polar surface area (TPSA) is 67.4 Å². The van der Waals surface area contributed by atoms with Gasteiger partial charge in [0.05, 0.1) is 12.5 Å². The average Bonchev–Trinajstić information content (AvgIpc) is 2.43. The van der Waals surface area contributed by atoms with E-state index >= 15 is 0 Å². The molecular weight excluding hydrogens is 244 g/mol. The maximum atomic E-state index is 11.5. The van der Waals surface area contributed by atoms with Crippen LogP contribution in [0, 0.1) is 5.92 Å². The quantitative estimate of drug-likeness (QED) is 0.612. The summed E-state index contributed by atoms with van der Waals surface area (Å²) in [7, 11) is 0. The van der Waals surface area contributed by atoms with Crippen molar-refractivity contribution in [3.8, 4) is 0 Å². The van der Waals surface area contributed by atoms with Gasteiger partial charge in [-0.1, -0.05) is 32.0 Å². The normalized spacial score (nSPS) is 11.5. The van der Waals surface area contributed by atoms with Crippen LogP contribution in [0.3, 0.4) is 0 Å². The van der Waals surface area contributed by atoms with Crippen molar-refractivity contribution >= 4 is 17.7 Å². The Morgan fingerprint density at radius 2 is 1.95 bits per heavy atom. The van der Waals surface area contributed by atoms with E-state index in [1.54, 1.807) is 12.1 Å². The Morgan fingerprint density at radius 1 is 1.26 bits per heavy atom. The van der Waals surface area contributed by atoms with E-state index in [9.17, 15) is 9.59 Å². The summed E-state index contributed by atoms with van der Waals surface area (Å²) < 4.78 is 5.01. The van der Waals surface area contributed by atoms with Crippen LogP contribution < -0.4 is 10.6 Å². The Labute approximate surface area is 113 Å². The van der Waals surface area contributed by atoms with Crippen molar-refractivity contribution in [3.63, 3.8) is 0 Å². The van der Waals surface area contributed by atoms with Gasteiger partial charge in [-0.25, -0.2) is 4.79 Å². The second-order valence-electron chi connectivity index (χ2n) is 4.22. The molecule has 0 aromatic heterocycles. The number of hydrogen-bond acceptors (Lipinski definition) is 3. The van der Waals surface area contributed by atoms with Crippen LogP contribution in [0.25, 0.3) is 0 Å². The summed E-state index contributed by atoms with van der Waals surface area (Å²) in [5.74, 6) is -0.328. The third-order valence-corrected chi connectivity index (χ3v) is 2.68. The van der Waals surface area contributed by atoms with E-state index in [1.807, 2.05) is 32.0 Å². The minimum Gasteiger partial charge on any atom is -0.464 e. The van der Waals surface area contributed by atoms with Gasteiger partial charge in [0.1, 0.15) is 6.61 Å². The van der Waals surface area contributed by atoms with Crippen molar-refractivity contribution in [2.75, 3.05) is 18.5 Å². The average molecular weight is 264 g/mol. The van der Waals surface area contributed by atoms with Crippen LogP contribution in [0.4, 0.5) is 10.5 Å². The Kier molecular flexibility index (Phi) is 6.43. The Hall–Kier alpha value is -2.04. The number of carbonyl (C=O) groups is 2. The number of esters is 1. The lowest BCUT2D eigenvalue weighted by Gasteiger charge is -2.10. The summed E-state index contributed by atoms with van der Waals surface area (Å²) in [6, 6.07) is 8.82. The summed E-state index contributed by atoms with van der Waals surface area (Å²) in [4.78, 5) is 22.8. The number of amides is 2. The van der Waals surface area contributed by atoms with Gasteiger partial charge in [-0.2, -0.15) is 0 Å². The fraction of sp³-hybridized carbons (Fsp3) is 0.429. The van der Waals surface area contributed by atoms with Crippen LogP contribution >= 0.6 is 0 Å². The molecule has 0 saturated heterocycles. The smallest absolute Gasteiger partial charge is 0.319 e. The fourth-order valence-electron chi connectivity index (χ4n) is 1.32. The Bertz CT molecular complexity index is 406. The molecule has 1 atom stereocenters. The van der Waals surface area contributed by atoms with E-state index in [0.29, 0.717) is 6.54 Å². The molecule has 0 aliphatic heterocycles. The molecule has 1 unspecified atom stereocenters. The zero-order valence-electron chi connectivity index (χ0n) is 11.3. The molecule has 0 radical (unpaired) electrons. The number of urea groups is 1. The molecular formula is C14H20N2O3. The zero-order valence-corrected chi connectivity index (χ0v) is 11.3. The van der Waals surface area contributed by atoms with E-state index in [1.165, 1.54) is 0 Å². The molecule has 0 aliphatic carbocycles. The molecule has 5 nitrogen and oxygen atoms in total. The summed E-state index contributed by atoms with van der Waals surface area (Å²) in [6.45, 7) is 4.22. The van der Waals surface area contributed by atoms with Gasteiger partial charge in [-0.3, -0.25) is 4.79 Å². The zero-order chi connectivity index (χ0) is 14.1. The lowest BCUT2D eigenvalue weighted by molar-refractivity contribution is -0.147. The summed E-state index contributed by atoms with van der Waals surface area (Å²) >= 11 is 0. The van der Waals surface area contributed by atoms with Gasteiger partial charge < -0.3 is 15.4 Å². The van der Waals surface area contributed by atoms with Gasteiger partial charge in [0, 0.05) is 5.69 Å². The van der Waals surface area contributed by atoms with Crippen LogP contribution in [0.1, 0.15) is 20.3 Å². The van der Waals surface area contributed by atoms with Crippen LogP contribution in [0.5, 0.6) is 0 Å². The van der Waals surface area contributed by atoms with E-state index in [2.05, 4.69) is 10.6 Å². The van der Waals surface area contributed by atoms with Gasteiger partial charge in [0.25, 0.3) is 0 Å². The SMILES string of the molecule is CCC(C)C(=O)OCCNC(=O)Nc1ccccc1. The molecule has 0 fully saturated rings. The number of ether oxygens (including phenoxy) is 1. The number of anilines is 1. The first-order chi connectivity index (χ1) is 9.13. The molecule has 5 heteroatoms. The molecule has 2 amide bonds. The molecule has 1 rings (SSSR count). The highest BCUT2D eigenvalue weighted by atomic mass is 16.5. The monoisotopic (exact) mass is 264 g/mol. The summed E-state index contributed by atoms with van der Waals surface area (Å²) in [5, 5.41) is 5.29. The molecule has 19 heavy (non-hydrogen) atoms. The minimum absolute atomic E-state index is 0.0989. The minimum atomic E-state index is -0.314. The second-order valence-corrected chi connectivity index (χ2v) is 4.22. The van der Waals surface area contributed by atoms with E-state index in [-0.39, 0.29) is 24.5 Å². The van der Waals surface area contributed by atoms with E-state index in [4.69, 9.17) is 4.74 Å². The Morgan fingerprint density at radius 3 is 2.58 bits per heavy atom. The van der Waals surface area contributed by atoms with Gasteiger partial charge >= 0.3 is 12.0 Å². The third-order valence-electron chi connectivity index (χ3n) is 2.68. The maximum Gasteiger partial charge on any atom is 0.319 e. The van der Waals surface area contributed by atoms with Crippen molar-refractivity contribution in [2.45, 2.75) is 20.3 Å². The van der Waals surface area contributed by atoms with Crippen LogP contribution in [0.15, 0.2) is 30.3 Å². The molecule has 0 saturated carbocycles. The van der Waals surface area contributed by atoms with Gasteiger partial charge in [0.2, 0.25) is 0 Å². The fourth-order valence-corrected chi connectivity index (χ4v) is 1.32. The van der Waals surface area contributed by atoms with Crippen LogP contribution in [0.2, 0.25) is 0 Å². The number of hydrogen-bond donors (Lipinski definition) is 2. The number of rotatable bonds is 6. The molecule has 104 valence electrons. The van der Waals surface area contributed by atoms with Crippen molar-refractivity contribution in [3.05, 3.63) is 30.3 Å². The van der Waals surface area contributed by atoms with E-state index in [0.717, 1.165) is 12.1 Å². The molecule has 1 aromatic rings. The van der Waals surface area contributed by atoms with Crippen molar-refractivity contribution in [1.82, 2.24) is 5.32 Å². The number of nitrogens with one attached hydrogen (secondary N) is 2. The highest BCUT2D eigenvalue weighted by Gasteiger charge is 2.11. The number of benzene rings is 1. The predicted octanol–water partition coefficient (Wildman–Crippen LogP) is 2.40. The van der Waals surface area contributed by atoms with Gasteiger partial charge in [0.15, 0.2) is 0 Å². The largest absolute Gasteiger partial charge is 0.464 e. The molecule has 2 N–H and O–H groups in total. The molecule has 0 aliphatic rings. The standard InChI is InChI=1S/C14H20N2O3/c1-3-11(2)13(17)19-10-9-15-14(18)16-12-7-5-4-6-8-12/h4-8,11H,3,9-10H2,1-2H3,(H2,15,16,18). The van der Waals surface area contributed by atoms with Crippen LogP contribution in [-0.4, -0.2) is 25.2 Å². The highest BCUT2D eigenvalue weighted by molar-refractivity contribution is 5.89. The first kappa shape index (κ1) is 15.0. The molecule has 0 bridgehead atoms. The molecule has 0 heterocycles. The van der Waals surface area contributed by atoms with Crippen molar-refractivity contribution in [1.29, 1.82) is 0 Å². The predicted molar refractivity (Wildman–Crippen MR) is 73.9 cm³/mol.